The van der Waals surface area contributed by atoms with Crippen molar-refractivity contribution in [2.75, 3.05) is 13.7 Å². The fourth-order valence-corrected chi connectivity index (χ4v) is 1.24. The van der Waals surface area contributed by atoms with Crippen LogP contribution in [0, 0.1) is 0 Å². The highest BCUT2D eigenvalue weighted by atomic mass is 16.5. The molecular weight excluding hydrogens is 214 g/mol. The van der Waals surface area contributed by atoms with Crippen molar-refractivity contribution in [2.45, 2.75) is 18.9 Å². The van der Waals surface area contributed by atoms with E-state index in [9.17, 15) is 14.4 Å². The normalized spacial score (nSPS) is 19.6. The molecule has 1 heterocycles. The first-order valence-corrected chi connectivity index (χ1v) is 4.84. The lowest BCUT2D eigenvalue weighted by atomic mass is 10.2. The fourth-order valence-electron chi connectivity index (χ4n) is 1.24. The molecule has 0 aromatic heterocycles. The van der Waals surface area contributed by atoms with E-state index in [1.807, 2.05) is 0 Å². The molecule has 0 saturated carbocycles. The van der Waals surface area contributed by atoms with Gasteiger partial charge in [0, 0.05) is 18.6 Å². The number of ether oxygens (including phenoxy) is 2. The first kappa shape index (κ1) is 12.2. The third-order valence-electron chi connectivity index (χ3n) is 2.07. The molecule has 16 heavy (non-hydrogen) atoms. The number of methoxy groups -OCH3 is 1. The van der Waals surface area contributed by atoms with E-state index in [4.69, 9.17) is 4.74 Å². The van der Waals surface area contributed by atoms with E-state index >= 15 is 0 Å². The molecule has 1 N–H and O–H groups in total. The molecule has 1 atom stereocenters. The largest absolute Gasteiger partial charge is 0.466 e. The van der Waals surface area contributed by atoms with Gasteiger partial charge >= 0.3 is 11.9 Å². The third kappa shape index (κ3) is 4.12. The Kier molecular flexibility index (Phi) is 4.50. The molecule has 0 bridgehead atoms. The molecule has 1 rings (SSSR count). The SMILES string of the molecule is COC(=O)/C=C/C(=O)OCC1CCC(=O)N1. The molecule has 6 heteroatoms. The zero-order chi connectivity index (χ0) is 12.0. The number of amides is 1. The molecule has 6 nitrogen and oxygen atoms in total. The Hall–Kier alpha value is -1.85. The first-order valence-electron chi connectivity index (χ1n) is 4.84. The average molecular weight is 227 g/mol. The van der Waals surface area contributed by atoms with E-state index < -0.39 is 11.9 Å². The maximum absolute atomic E-state index is 11.1. The lowest BCUT2D eigenvalue weighted by Crippen LogP contribution is -2.30. The van der Waals surface area contributed by atoms with Crippen LogP contribution >= 0.6 is 0 Å². The number of carbonyl (C=O) groups is 3. The van der Waals surface area contributed by atoms with Crippen LogP contribution in [-0.2, 0) is 23.9 Å². The summed E-state index contributed by atoms with van der Waals surface area (Å²) >= 11 is 0. The summed E-state index contributed by atoms with van der Waals surface area (Å²) in [5, 5.41) is 2.65. The molecule has 0 aromatic carbocycles. The molecule has 1 saturated heterocycles. The van der Waals surface area contributed by atoms with Crippen molar-refractivity contribution in [3.05, 3.63) is 12.2 Å². The van der Waals surface area contributed by atoms with Crippen LogP contribution in [0.2, 0.25) is 0 Å². The molecule has 88 valence electrons. The molecule has 0 spiro atoms. The lowest BCUT2D eigenvalue weighted by molar-refractivity contribution is -0.140. The van der Waals surface area contributed by atoms with E-state index in [0.717, 1.165) is 12.2 Å². The van der Waals surface area contributed by atoms with Gasteiger partial charge in [0.15, 0.2) is 0 Å². The predicted octanol–water partition coefficient (Wildman–Crippen LogP) is -0.463. The van der Waals surface area contributed by atoms with Crippen molar-refractivity contribution in [1.82, 2.24) is 5.32 Å². The minimum Gasteiger partial charge on any atom is -0.466 e. The highest BCUT2D eigenvalue weighted by molar-refractivity contribution is 5.91. The molecule has 0 aliphatic carbocycles. The third-order valence-corrected chi connectivity index (χ3v) is 2.07. The number of esters is 2. The van der Waals surface area contributed by atoms with Crippen molar-refractivity contribution >= 4 is 17.8 Å². The van der Waals surface area contributed by atoms with Gasteiger partial charge in [0.05, 0.1) is 13.2 Å². The van der Waals surface area contributed by atoms with Gasteiger partial charge in [-0.15, -0.1) is 0 Å². The van der Waals surface area contributed by atoms with Crippen LogP contribution < -0.4 is 5.32 Å². The van der Waals surface area contributed by atoms with E-state index in [1.165, 1.54) is 7.11 Å². The summed E-state index contributed by atoms with van der Waals surface area (Å²) in [5.41, 5.74) is 0. The molecular formula is C10H13NO5. The second kappa shape index (κ2) is 5.89. The maximum Gasteiger partial charge on any atom is 0.331 e. The Morgan fingerprint density at radius 3 is 2.69 bits per heavy atom. The Balaban J connectivity index is 2.22. The summed E-state index contributed by atoms with van der Waals surface area (Å²) in [6.45, 7) is 0.121. The van der Waals surface area contributed by atoms with Gasteiger partial charge < -0.3 is 14.8 Å². The standard InChI is InChI=1S/C10H13NO5/c1-15-9(13)4-5-10(14)16-6-7-2-3-8(12)11-7/h4-5,7H,2-3,6H2,1H3,(H,11,12)/b5-4+. The zero-order valence-electron chi connectivity index (χ0n) is 8.89. The topological polar surface area (TPSA) is 81.7 Å². The van der Waals surface area contributed by atoms with Crippen LogP contribution in [-0.4, -0.2) is 37.6 Å². The highest BCUT2D eigenvalue weighted by Gasteiger charge is 2.21. The molecule has 0 aromatic rings. The van der Waals surface area contributed by atoms with Crippen LogP contribution in [0.4, 0.5) is 0 Å². The van der Waals surface area contributed by atoms with Crippen molar-refractivity contribution in [3.8, 4) is 0 Å². The molecule has 1 aliphatic rings. The van der Waals surface area contributed by atoms with Crippen molar-refractivity contribution in [1.29, 1.82) is 0 Å². The van der Waals surface area contributed by atoms with Gasteiger partial charge in [-0.05, 0) is 6.42 Å². The fraction of sp³-hybridized carbons (Fsp3) is 0.500. The monoisotopic (exact) mass is 227 g/mol. The van der Waals surface area contributed by atoms with Gasteiger partial charge in [0.2, 0.25) is 5.91 Å². The highest BCUT2D eigenvalue weighted by Crippen LogP contribution is 2.06. The molecule has 0 radical (unpaired) electrons. The van der Waals surface area contributed by atoms with Crippen molar-refractivity contribution in [2.24, 2.45) is 0 Å². The van der Waals surface area contributed by atoms with Crippen molar-refractivity contribution < 1.29 is 23.9 Å². The molecule has 1 aliphatic heterocycles. The minimum atomic E-state index is -0.633. The van der Waals surface area contributed by atoms with Crippen LogP contribution in [0.15, 0.2) is 12.2 Å². The zero-order valence-corrected chi connectivity index (χ0v) is 8.89. The maximum atomic E-state index is 11.1. The Labute approximate surface area is 92.6 Å². The summed E-state index contributed by atoms with van der Waals surface area (Å²) in [7, 11) is 1.21. The van der Waals surface area contributed by atoms with Crippen molar-refractivity contribution in [3.63, 3.8) is 0 Å². The molecule has 1 unspecified atom stereocenters. The smallest absolute Gasteiger partial charge is 0.331 e. The Bertz CT molecular complexity index is 323. The van der Waals surface area contributed by atoms with Crippen LogP contribution in [0.25, 0.3) is 0 Å². The number of carbonyl (C=O) groups excluding carboxylic acids is 3. The van der Waals surface area contributed by atoms with E-state index in [2.05, 4.69) is 10.1 Å². The van der Waals surface area contributed by atoms with E-state index in [1.54, 1.807) is 0 Å². The van der Waals surface area contributed by atoms with Gasteiger partial charge in [0.1, 0.15) is 6.61 Å². The quantitative estimate of drug-likeness (QED) is 0.519. The summed E-state index contributed by atoms with van der Waals surface area (Å²) in [6, 6.07) is -0.122. The number of nitrogens with one attached hydrogen (secondary N) is 1. The summed E-state index contributed by atoms with van der Waals surface area (Å²) < 4.78 is 9.12. The van der Waals surface area contributed by atoms with Gasteiger partial charge in [-0.25, -0.2) is 9.59 Å². The summed E-state index contributed by atoms with van der Waals surface area (Å²) in [6.07, 6.45) is 3.09. The lowest BCUT2D eigenvalue weighted by Gasteiger charge is -2.08. The second-order valence-electron chi connectivity index (χ2n) is 3.29. The van der Waals surface area contributed by atoms with Gasteiger partial charge in [-0.1, -0.05) is 0 Å². The average Bonchev–Trinajstić information content (AvgIpc) is 2.69. The first-order chi connectivity index (χ1) is 7.61. The van der Waals surface area contributed by atoms with Crippen LogP contribution in [0.5, 0.6) is 0 Å². The Morgan fingerprint density at radius 1 is 1.44 bits per heavy atom. The Morgan fingerprint density at radius 2 is 2.12 bits per heavy atom. The van der Waals surface area contributed by atoms with Crippen LogP contribution in [0.3, 0.4) is 0 Å². The molecule has 1 fully saturated rings. The number of hydrogen-bond donors (Lipinski definition) is 1. The minimum absolute atomic E-state index is 0.0360. The number of rotatable bonds is 4. The van der Waals surface area contributed by atoms with Gasteiger partial charge in [-0.2, -0.15) is 0 Å². The van der Waals surface area contributed by atoms with Gasteiger partial charge in [-0.3, -0.25) is 4.79 Å². The number of hydrogen-bond acceptors (Lipinski definition) is 5. The van der Waals surface area contributed by atoms with Gasteiger partial charge in [0.25, 0.3) is 0 Å². The molecule has 1 amide bonds. The summed E-state index contributed by atoms with van der Waals surface area (Å²) in [5.74, 6) is -1.29. The predicted molar refractivity (Wildman–Crippen MR) is 53.3 cm³/mol. The summed E-state index contributed by atoms with van der Waals surface area (Å²) in [4.78, 5) is 32.5. The van der Waals surface area contributed by atoms with E-state index in [-0.39, 0.29) is 18.6 Å². The van der Waals surface area contributed by atoms with Crippen LogP contribution in [0.1, 0.15) is 12.8 Å². The van der Waals surface area contributed by atoms with E-state index in [0.29, 0.717) is 12.8 Å². The second-order valence-corrected chi connectivity index (χ2v) is 3.29.